The molecule has 0 aromatic carbocycles. The molecule has 70 valence electrons. The smallest absolute Gasteiger partial charge is 0.272 e. The normalized spacial score (nSPS) is 11.6. The van der Waals surface area contributed by atoms with E-state index in [1.54, 1.807) is 0 Å². The van der Waals surface area contributed by atoms with Gasteiger partial charge in [0.05, 0.1) is 0 Å². The van der Waals surface area contributed by atoms with Gasteiger partial charge in [-0.25, -0.2) is 0 Å². The zero-order chi connectivity index (χ0) is 9.71. The van der Waals surface area contributed by atoms with Gasteiger partial charge in [-0.05, 0) is 0 Å². The van der Waals surface area contributed by atoms with Gasteiger partial charge < -0.3 is 0 Å². The molecule has 0 aromatic heterocycles. The monoisotopic (exact) mass is 206 g/mol. The van der Waals surface area contributed by atoms with Crippen LogP contribution < -0.4 is 0 Å². The van der Waals surface area contributed by atoms with Crippen molar-refractivity contribution in [2.75, 3.05) is 0 Å². The molecule has 0 saturated heterocycles. The highest BCUT2D eigenvalue weighted by molar-refractivity contribution is 8.62. The van der Waals surface area contributed by atoms with Crippen LogP contribution in [0, 0.1) is 0 Å². The predicted molar refractivity (Wildman–Crippen MR) is 39.1 cm³/mol. The minimum absolute atomic E-state index is 1.25. The minimum Gasteiger partial charge on any atom is -0.272 e. The molecule has 0 saturated carbocycles. The van der Waals surface area contributed by atoms with E-state index in [1.807, 2.05) is 0 Å². The average molecular weight is 206 g/mol. The molecule has 2 N–H and O–H groups in total. The van der Waals surface area contributed by atoms with Gasteiger partial charge in [-0.2, -0.15) is 16.8 Å². The van der Waals surface area contributed by atoms with E-state index in [4.69, 9.17) is 9.11 Å². The Morgan fingerprint density at radius 3 is 1.00 bits per heavy atom. The molecule has 0 radical (unpaired) electrons. The minimum atomic E-state index is -5.31. The molecule has 0 bridgehead atoms. The zero-order valence-corrected chi connectivity index (χ0v) is 7.68. The van der Waals surface area contributed by atoms with Crippen molar-refractivity contribution in [1.82, 2.24) is 0 Å². The molecule has 0 atom stereocenters. The highest BCUT2D eigenvalue weighted by atomic mass is 33.2. The zero-order valence-electron chi connectivity index (χ0n) is 6.05. The summed E-state index contributed by atoms with van der Waals surface area (Å²) >= 11 is 0. The highest BCUT2D eigenvalue weighted by Crippen LogP contribution is 1.90. The molecule has 0 heterocycles. The number of hydrogen-bond acceptors (Lipinski definition) is 4. The molecule has 0 aromatic rings. The van der Waals surface area contributed by atoms with E-state index in [1.165, 1.54) is 6.42 Å². The van der Waals surface area contributed by atoms with Crippen molar-refractivity contribution >= 4 is 18.3 Å². The molecule has 0 aliphatic carbocycles. The van der Waals surface area contributed by atoms with Gasteiger partial charge in [-0.15, -0.1) is 0 Å². The summed E-state index contributed by atoms with van der Waals surface area (Å²) in [6.45, 7) is 4.25. The number of rotatable bonds is 1. The summed E-state index contributed by atoms with van der Waals surface area (Å²) in [4.78, 5) is 0. The summed E-state index contributed by atoms with van der Waals surface area (Å²) in [5.41, 5.74) is 0. The largest absolute Gasteiger partial charge is 0.397 e. The van der Waals surface area contributed by atoms with E-state index >= 15 is 0 Å². The molecular formula is C3H10O6S2. The average Bonchev–Trinajstić information content (AvgIpc) is 1.60. The van der Waals surface area contributed by atoms with Crippen LogP contribution in [0.25, 0.3) is 0 Å². The molecule has 0 fully saturated rings. The molecule has 0 aliphatic rings. The molecule has 0 spiro atoms. The molecule has 0 amide bonds. The van der Waals surface area contributed by atoms with Crippen LogP contribution >= 0.6 is 0 Å². The molecule has 6 nitrogen and oxygen atoms in total. The maximum Gasteiger partial charge on any atom is 0.397 e. The Kier molecular flexibility index (Phi) is 5.67. The summed E-state index contributed by atoms with van der Waals surface area (Å²) in [7, 11) is -10.6. The Labute approximate surface area is 65.1 Å². The van der Waals surface area contributed by atoms with Gasteiger partial charge >= 0.3 is 18.3 Å². The first-order chi connectivity index (χ1) is 4.66. The maximum atomic E-state index is 9.37. The third kappa shape index (κ3) is 7.72. The van der Waals surface area contributed by atoms with Crippen LogP contribution in [0.4, 0.5) is 0 Å². The standard InChI is InChI=1S/C3H8.H2O6S2/c1-3-2;1-7(2,3)8(4,5)6/h3H2,1-2H3;(H,1,2,3)(H,4,5,6). The second-order valence-corrected chi connectivity index (χ2v) is 5.80. The molecular weight excluding hydrogens is 196 g/mol. The van der Waals surface area contributed by atoms with E-state index in [9.17, 15) is 16.8 Å². The van der Waals surface area contributed by atoms with Crippen molar-refractivity contribution in [3.63, 3.8) is 0 Å². The van der Waals surface area contributed by atoms with Crippen LogP contribution in [-0.2, 0) is 18.3 Å². The molecule has 0 aliphatic heterocycles. The highest BCUT2D eigenvalue weighted by Gasteiger charge is 2.22. The summed E-state index contributed by atoms with van der Waals surface area (Å²) in [6, 6.07) is 0. The van der Waals surface area contributed by atoms with Crippen LogP contribution in [0.15, 0.2) is 0 Å². The second kappa shape index (κ2) is 4.65. The van der Waals surface area contributed by atoms with Crippen LogP contribution in [0.1, 0.15) is 20.3 Å². The summed E-state index contributed by atoms with van der Waals surface area (Å²) in [5.74, 6) is 0. The second-order valence-electron chi connectivity index (χ2n) is 1.56. The third-order valence-electron chi connectivity index (χ3n) is 0.266. The number of hydrogen-bond donors (Lipinski definition) is 2. The lowest BCUT2D eigenvalue weighted by molar-refractivity contribution is 0.460. The fraction of sp³-hybridized carbons (Fsp3) is 1.00. The first-order valence-electron chi connectivity index (χ1n) is 2.61. The lowest BCUT2D eigenvalue weighted by Gasteiger charge is -1.84. The van der Waals surface area contributed by atoms with Gasteiger partial charge in [-0.3, -0.25) is 9.11 Å². The van der Waals surface area contributed by atoms with Crippen LogP contribution in [0.2, 0.25) is 0 Å². The Balaban J connectivity index is 0. The van der Waals surface area contributed by atoms with Crippen LogP contribution in [-0.4, -0.2) is 25.9 Å². The Bertz CT molecular complexity index is 241. The fourth-order valence-corrected chi connectivity index (χ4v) is 0. The van der Waals surface area contributed by atoms with Gasteiger partial charge in [0, 0.05) is 0 Å². The molecule has 0 rings (SSSR count). The maximum absolute atomic E-state index is 9.37. The van der Waals surface area contributed by atoms with E-state index in [-0.39, 0.29) is 0 Å². The quantitative estimate of drug-likeness (QED) is 0.465. The van der Waals surface area contributed by atoms with Gasteiger partial charge in [0.15, 0.2) is 0 Å². The van der Waals surface area contributed by atoms with Crippen molar-refractivity contribution in [2.24, 2.45) is 0 Å². The van der Waals surface area contributed by atoms with Crippen LogP contribution in [0.3, 0.4) is 0 Å². The van der Waals surface area contributed by atoms with Crippen molar-refractivity contribution in [3.05, 3.63) is 0 Å². The van der Waals surface area contributed by atoms with Crippen molar-refractivity contribution in [1.29, 1.82) is 0 Å². The van der Waals surface area contributed by atoms with Crippen molar-refractivity contribution in [3.8, 4) is 0 Å². The Morgan fingerprint density at radius 1 is 0.909 bits per heavy atom. The third-order valence-corrected chi connectivity index (χ3v) is 2.40. The Morgan fingerprint density at radius 2 is 1.00 bits per heavy atom. The van der Waals surface area contributed by atoms with E-state index < -0.39 is 18.3 Å². The molecule has 11 heavy (non-hydrogen) atoms. The van der Waals surface area contributed by atoms with Gasteiger partial charge in [0.2, 0.25) is 0 Å². The molecule has 0 unspecified atom stereocenters. The van der Waals surface area contributed by atoms with E-state index in [2.05, 4.69) is 13.8 Å². The molecule has 8 heteroatoms. The van der Waals surface area contributed by atoms with Gasteiger partial charge in [0.1, 0.15) is 0 Å². The lowest BCUT2D eigenvalue weighted by Crippen LogP contribution is -2.11. The van der Waals surface area contributed by atoms with E-state index in [0.29, 0.717) is 0 Å². The van der Waals surface area contributed by atoms with Crippen molar-refractivity contribution < 1.29 is 25.9 Å². The van der Waals surface area contributed by atoms with Gasteiger partial charge in [-0.1, -0.05) is 20.3 Å². The van der Waals surface area contributed by atoms with Crippen LogP contribution in [0.5, 0.6) is 0 Å². The lowest BCUT2D eigenvalue weighted by atomic mass is 10.6. The summed E-state index contributed by atoms with van der Waals surface area (Å²) in [5, 5.41) is 0. The first kappa shape index (κ1) is 13.4. The SMILES string of the molecule is CCC.O=S(=O)(O)S(=O)(=O)O. The fourth-order valence-electron chi connectivity index (χ4n) is 0. The summed E-state index contributed by atoms with van der Waals surface area (Å²) < 4.78 is 52.5. The summed E-state index contributed by atoms with van der Waals surface area (Å²) in [6.07, 6.45) is 1.25. The first-order valence-corrected chi connectivity index (χ1v) is 6.01. The Hall–Kier alpha value is -0.180. The van der Waals surface area contributed by atoms with Gasteiger partial charge in [0.25, 0.3) is 0 Å². The van der Waals surface area contributed by atoms with Crippen molar-refractivity contribution in [2.45, 2.75) is 20.3 Å². The van der Waals surface area contributed by atoms with E-state index in [0.717, 1.165) is 0 Å². The topological polar surface area (TPSA) is 109 Å². The predicted octanol–water partition coefficient (Wildman–Crippen LogP) is 0.0933.